The molecule has 0 aromatic heterocycles. The molecule has 1 aromatic carbocycles. The minimum atomic E-state index is -0.119. The number of carbonyl (C=O) groups excluding carboxylic acids is 1. The number of rotatable bonds is 5. The van der Waals surface area contributed by atoms with E-state index in [0.717, 1.165) is 44.8 Å². The van der Waals surface area contributed by atoms with Gasteiger partial charge >= 0.3 is 0 Å². The van der Waals surface area contributed by atoms with Gasteiger partial charge in [0, 0.05) is 13.1 Å². The first kappa shape index (κ1) is 19.7. The van der Waals surface area contributed by atoms with E-state index >= 15 is 0 Å². The summed E-state index contributed by atoms with van der Waals surface area (Å²) in [6.45, 7) is 2.95. The van der Waals surface area contributed by atoms with Crippen molar-refractivity contribution < 1.29 is 4.79 Å². The highest BCUT2D eigenvalue weighted by Crippen LogP contribution is 2.58. The fourth-order valence-electron chi connectivity index (χ4n) is 5.98. The highest BCUT2D eigenvalue weighted by atomic mass is 35.5. The zero-order valence-corrected chi connectivity index (χ0v) is 16.8. The van der Waals surface area contributed by atoms with Gasteiger partial charge in [0.1, 0.15) is 0 Å². The third-order valence-corrected chi connectivity index (χ3v) is 7.06. The number of hydrogen-bond acceptors (Lipinski definition) is 2. The van der Waals surface area contributed by atoms with Crippen LogP contribution in [-0.4, -0.2) is 37.5 Å². The minimum absolute atomic E-state index is 0. The first-order valence-electron chi connectivity index (χ1n) is 10.2. The van der Waals surface area contributed by atoms with Gasteiger partial charge in [0.15, 0.2) is 0 Å². The van der Waals surface area contributed by atoms with E-state index in [-0.39, 0.29) is 17.8 Å². The van der Waals surface area contributed by atoms with Crippen LogP contribution in [0.3, 0.4) is 0 Å². The van der Waals surface area contributed by atoms with Crippen LogP contribution in [0.4, 0.5) is 0 Å². The summed E-state index contributed by atoms with van der Waals surface area (Å²) in [6, 6.07) is 10.7. The monoisotopic (exact) mass is 376 g/mol. The molecule has 0 spiro atoms. The summed E-state index contributed by atoms with van der Waals surface area (Å²) in [7, 11) is 2.02. The molecule has 2 saturated carbocycles. The molecule has 4 atom stereocenters. The van der Waals surface area contributed by atoms with Crippen molar-refractivity contribution >= 4 is 18.3 Å². The van der Waals surface area contributed by atoms with Crippen LogP contribution in [0, 0.1) is 23.2 Å². The normalized spacial score (nSPS) is 33.1. The lowest BCUT2D eigenvalue weighted by Gasteiger charge is -2.43. The topological polar surface area (TPSA) is 32.3 Å². The van der Waals surface area contributed by atoms with Crippen molar-refractivity contribution in [2.75, 3.05) is 26.7 Å². The van der Waals surface area contributed by atoms with E-state index in [9.17, 15) is 4.79 Å². The average Bonchev–Trinajstić information content (AvgIpc) is 3.24. The molecule has 1 heterocycles. The Morgan fingerprint density at radius 2 is 2.04 bits per heavy atom. The Morgan fingerprint density at radius 3 is 2.69 bits per heavy atom. The molecular formula is C22H33ClN2O. The predicted octanol–water partition coefficient (Wildman–Crippen LogP) is 3.92. The molecule has 3 aliphatic rings. The number of amides is 1. The Bertz CT molecular complexity index is 605. The van der Waals surface area contributed by atoms with Crippen LogP contribution >= 0.6 is 12.4 Å². The van der Waals surface area contributed by atoms with E-state index in [1.807, 2.05) is 7.05 Å². The van der Waals surface area contributed by atoms with Gasteiger partial charge < -0.3 is 10.2 Å². The van der Waals surface area contributed by atoms with Crippen molar-refractivity contribution in [2.24, 2.45) is 23.2 Å². The average molecular weight is 377 g/mol. The second-order valence-corrected chi connectivity index (χ2v) is 8.72. The second kappa shape index (κ2) is 8.31. The number of carbonyl (C=O) groups is 1. The Morgan fingerprint density at radius 1 is 1.23 bits per heavy atom. The summed E-state index contributed by atoms with van der Waals surface area (Å²) >= 11 is 0. The fraction of sp³-hybridized carbons (Fsp3) is 0.682. The predicted molar refractivity (Wildman–Crippen MR) is 109 cm³/mol. The molecule has 2 aliphatic carbocycles. The molecule has 1 saturated heterocycles. The third-order valence-electron chi connectivity index (χ3n) is 7.06. The number of halogens is 1. The number of piperidine rings is 1. The highest BCUT2D eigenvalue weighted by molar-refractivity contribution is 5.85. The summed E-state index contributed by atoms with van der Waals surface area (Å²) in [6.07, 6.45) is 8.37. The Labute approximate surface area is 164 Å². The molecule has 0 radical (unpaired) electrons. The molecule has 4 rings (SSSR count). The highest BCUT2D eigenvalue weighted by Gasteiger charge is 2.56. The van der Waals surface area contributed by atoms with Crippen LogP contribution in [-0.2, 0) is 11.2 Å². The number of likely N-dealkylation sites (tertiary alicyclic amines) is 1. The molecule has 26 heavy (non-hydrogen) atoms. The Balaban J connectivity index is 0.00000196. The van der Waals surface area contributed by atoms with Gasteiger partial charge in [-0.15, -0.1) is 12.4 Å². The van der Waals surface area contributed by atoms with Crippen LogP contribution in [0.15, 0.2) is 30.3 Å². The molecule has 3 nitrogen and oxygen atoms in total. The first-order chi connectivity index (χ1) is 12.2. The van der Waals surface area contributed by atoms with Gasteiger partial charge in [-0.1, -0.05) is 36.8 Å². The maximum Gasteiger partial charge on any atom is 0.229 e. The zero-order valence-electron chi connectivity index (χ0n) is 16.0. The number of benzene rings is 1. The summed E-state index contributed by atoms with van der Waals surface area (Å²) in [5, 5.41) is 3.30. The molecule has 144 valence electrons. The summed E-state index contributed by atoms with van der Waals surface area (Å²) < 4.78 is 0. The van der Waals surface area contributed by atoms with Gasteiger partial charge in [0.25, 0.3) is 0 Å². The van der Waals surface area contributed by atoms with Gasteiger partial charge in [0.05, 0.1) is 5.41 Å². The van der Waals surface area contributed by atoms with E-state index < -0.39 is 0 Å². The van der Waals surface area contributed by atoms with E-state index in [1.54, 1.807) is 0 Å². The quantitative estimate of drug-likeness (QED) is 0.844. The Hall–Kier alpha value is -1.06. The fourth-order valence-corrected chi connectivity index (χ4v) is 5.98. The SMILES string of the molecule is CNCC1CCCN(C(=O)C2(Cc3ccccc3)CC3CCC2C3)C1.Cl. The maximum atomic E-state index is 13.8. The van der Waals surface area contributed by atoms with E-state index in [0.29, 0.717) is 17.7 Å². The third kappa shape index (κ3) is 3.66. The minimum Gasteiger partial charge on any atom is -0.342 e. The van der Waals surface area contributed by atoms with E-state index in [2.05, 4.69) is 40.5 Å². The van der Waals surface area contributed by atoms with Crippen LogP contribution in [0.25, 0.3) is 0 Å². The smallest absolute Gasteiger partial charge is 0.229 e. The molecule has 1 N–H and O–H groups in total. The lowest BCUT2D eigenvalue weighted by molar-refractivity contribution is -0.147. The molecular weight excluding hydrogens is 344 g/mol. The second-order valence-electron chi connectivity index (χ2n) is 8.72. The van der Waals surface area contributed by atoms with Crippen LogP contribution in [0.5, 0.6) is 0 Å². The largest absolute Gasteiger partial charge is 0.342 e. The summed E-state index contributed by atoms with van der Waals surface area (Å²) in [4.78, 5) is 16.0. The van der Waals surface area contributed by atoms with Crippen LogP contribution < -0.4 is 5.32 Å². The Kier molecular flexibility index (Phi) is 6.29. The molecule has 3 fully saturated rings. The van der Waals surface area contributed by atoms with Gasteiger partial charge in [-0.3, -0.25) is 4.79 Å². The molecule has 2 bridgehead atoms. The van der Waals surface area contributed by atoms with Crippen LogP contribution in [0.1, 0.15) is 44.1 Å². The molecule has 1 amide bonds. The molecule has 1 aromatic rings. The summed E-state index contributed by atoms with van der Waals surface area (Å²) in [5.74, 6) is 2.49. The first-order valence-corrected chi connectivity index (χ1v) is 10.2. The van der Waals surface area contributed by atoms with Gasteiger partial charge in [-0.25, -0.2) is 0 Å². The van der Waals surface area contributed by atoms with Crippen molar-refractivity contribution in [2.45, 2.75) is 44.9 Å². The van der Waals surface area contributed by atoms with Gasteiger partial charge in [-0.05, 0) is 75.4 Å². The maximum absolute atomic E-state index is 13.8. The van der Waals surface area contributed by atoms with Gasteiger partial charge in [-0.2, -0.15) is 0 Å². The van der Waals surface area contributed by atoms with E-state index in [1.165, 1.54) is 31.2 Å². The molecule has 4 unspecified atom stereocenters. The number of nitrogens with one attached hydrogen (secondary N) is 1. The zero-order chi connectivity index (χ0) is 17.3. The lowest BCUT2D eigenvalue weighted by atomic mass is 9.68. The van der Waals surface area contributed by atoms with Crippen molar-refractivity contribution in [3.8, 4) is 0 Å². The lowest BCUT2D eigenvalue weighted by Crippen LogP contribution is -2.52. The van der Waals surface area contributed by atoms with Crippen molar-refractivity contribution in [3.63, 3.8) is 0 Å². The standard InChI is InChI=1S/C22H32N2O.ClH/c1-23-15-19-8-5-11-24(16-19)21(25)22(13-17-6-3-2-4-7-17)14-18-9-10-20(22)12-18;/h2-4,6-7,18-20,23H,5,8-16H2,1H3;1H. The van der Waals surface area contributed by atoms with Crippen LogP contribution in [0.2, 0.25) is 0 Å². The van der Waals surface area contributed by atoms with Crippen molar-refractivity contribution in [3.05, 3.63) is 35.9 Å². The van der Waals surface area contributed by atoms with E-state index in [4.69, 9.17) is 0 Å². The molecule has 1 aliphatic heterocycles. The van der Waals surface area contributed by atoms with Gasteiger partial charge in [0.2, 0.25) is 5.91 Å². The van der Waals surface area contributed by atoms with Crippen molar-refractivity contribution in [1.82, 2.24) is 10.2 Å². The number of fused-ring (bicyclic) bond motifs is 2. The molecule has 4 heteroatoms. The number of hydrogen-bond donors (Lipinski definition) is 1. The van der Waals surface area contributed by atoms with Crippen molar-refractivity contribution in [1.29, 1.82) is 0 Å². The number of nitrogens with zero attached hydrogens (tertiary/aromatic N) is 1. The summed E-state index contributed by atoms with van der Waals surface area (Å²) in [5.41, 5.74) is 1.22.